The van der Waals surface area contributed by atoms with Crippen LogP contribution >= 0.6 is 27.5 Å². The van der Waals surface area contributed by atoms with Crippen molar-refractivity contribution in [1.29, 1.82) is 0 Å². The highest BCUT2D eigenvalue weighted by Crippen LogP contribution is 2.25. The van der Waals surface area contributed by atoms with E-state index in [1.807, 2.05) is 0 Å². The summed E-state index contributed by atoms with van der Waals surface area (Å²) in [5.74, 6) is 0. The Kier molecular flexibility index (Phi) is 4.25. The number of hydrogen-bond acceptors (Lipinski definition) is 2. The minimum absolute atomic E-state index is 0.0907. The monoisotopic (exact) mass is 318 g/mol. The van der Waals surface area contributed by atoms with Crippen molar-refractivity contribution in [3.63, 3.8) is 0 Å². The Balaban J connectivity index is 1.95. The zero-order chi connectivity index (χ0) is 12.3. The van der Waals surface area contributed by atoms with E-state index in [1.54, 1.807) is 18.2 Å². The van der Waals surface area contributed by atoms with Crippen molar-refractivity contribution in [2.24, 2.45) is 0 Å². The number of rotatable bonds is 2. The molecule has 6 heteroatoms. The predicted octanol–water partition coefficient (Wildman–Crippen LogP) is 3.01. The molecule has 0 radical (unpaired) electrons. The summed E-state index contributed by atoms with van der Waals surface area (Å²) in [5.41, 5.74) is 0.647. The Hall–Kier alpha value is -0.780. The Labute approximate surface area is 113 Å². The Morgan fingerprint density at radius 3 is 3.06 bits per heavy atom. The summed E-state index contributed by atoms with van der Waals surface area (Å²) in [6.07, 6.45) is 0.851. The van der Waals surface area contributed by atoms with Gasteiger partial charge in [0.25, 0.3) is 0 Å². The summed E-state index contributed by atoms with van der Waals surface area (Å²) < 4.78 is 5.97. The van der Waals surface area contributed by atoms with Gasteiger partial charge in [-0.15, -0.1) is 0 Å². The van der Waals surface area contributed by atoms with Gasteiger partial charge in [0.15, 0.2) is 0 Å². The molecule has 1 heterocycles. The number of amides is 2. The van der Waals surface area contributed by atoms with Gasteiger partial charge in [-0.3, -0.25) is 0 Å². The van der Waals surface area contributed by atoms with Crippen molar-refractivity contribution in [3.05, 3.63) is 27.7 Å². The highest BCUT2D eigenvalue weighted by molar-refractivity contribution is 9.10. The summed E-state index contributed by atoms with van der Waals surface area (Å²) in [6, 6.07) is 5.07. The van der Waals surface area contributed by atoms with Crippen LogP contribution in [0.15, 0.2) is 22.7 Å². The van der Waals surface area contributed by atoms with Gasteiger partial charge in [0.05, 0.1) is 18.3 Å². The molecule has 2 amide bonds. The number of hydrogen-bond donors (Lipinski definition) is 2. The first-order valence-electron chi connectivity index (χ1n) is 5.25. The maximum atomic E-state index is 11.7. The first-order valence-corrected chi connectivity index (χ1v) is 6.42. The van der Waals surface area contributed by atoms with Crippen molar-refractivity contribution in [2.75, 3.05) is 18.5 Å². The first-order chi connectivity index (χ1) is 8.15. The number of ether oxygens (including phenoxy) is 1. The number of anilines is 1. The van der Waals surface area contributed by atoms with E-state index in [-0.39, 0.29) is 12.1 Å². The highest BCUT2D eigenvalue weighted by Gasteiger charge is 2.18. The maximum Gasteiger partial charge on any atom is 0.319 e. The molecule has 4 nitrogen and oxygen atoms in total. The molecule has 0 saturated carbocycles. The minimum atomic E-state index is -0.247. The van der Waals surface area contributed by atoms with Gasteiger partial charge in [-0.05, 0) is 40.5 Å². The lowest BCUT2D eigenvalue weighted by atomic mass is 10.3. The number of urea groups is 1. The first kappa shape index (κ1) is 12.7. The van der Waals surface area contributed by atoms with Gasteiger partial charge in [0.2, 0.25) is 0 Å². The van der Waals surface area contributed by atoms with Crippen LogP contribution in [0.5, 0.6) is 0 Å². The molecule has 1 aliphatic rings. The highest BCUT2D eigenvalue weighted by atomic mass is 79.9. The fourth-order valence-electron chi connectivity index (χ4n) is 1.59. The van der Waals surface area contributed by atoms with Gasteiger partial charge >= 0.3 is 6.03 Å². The van der Waals surface area contributed by atoms with Gasteiger partial charge in [-0.1, -0.05) is 11.6 Å². The minimum Gasteiger partial charge on any atom is -0.379 e. The molecule has 1 saturated heterocycles. The molecule has 0 aromatic heterocycles. The number of benzene rings is 1. The third-order valence-corrected chi connectivity index (χ3v) is 3.37. The molecule has 2 N–H and O–H groups in total. The van der Waals surface area contributed by atoms with E-state index < -0.39 is 0 Å². The summed E-state index contributed by atoms with van der Waals surface area (Å²) in [7, 11) is 0. The van der Waals surface area contributed by atoms with E-state index >= 15 is 0 Å². The van der Waals surface area contributed by atoms with E-state index in [0.717, 1.165) is 10.9 Å². The molecule has 1 aromatic rings. The third-order valence-electron chi connectivity index (χ3n) is 2.44. The number of nitrogens with one attached hydrogen (secondary N) is 2. The molecule has 92 valence electrons. The summed E-state index contributed by atoms with van der Waals surface area (Å²) in [5, 5.41) is 6.15. The third kappa shape index (κ3) is 3.59. The molecule has 0 aliphatic carbocycles. The second-order valence-electron chi connectivity index (χ2n) is 3.78. The van der Waals surface area contributed by atoms with E-state index in [1.165, 1.54) is 0 Å². The van der Waals surface area contributed by atoms with Crippen LogP contribution in [-0.2, 0) is 4.74 Å². The van der Waals surface area contributed by atoms with Gasteiger partial charge in [-0.2, -0.15) is 0 Å². The van der Waals surface area contributed by atoms with Crippen LogP contribution in [-0.4, -0.2) is 25.3 Å². The van der Waals surface area contributed by atoms with Crippen molar-refractivity contribution in [3.8, 4) is 0 Å². The molecule has 1 aliphatic heterocycles. The van der Waals surface area contributed by atoms with E-state index in [9.17, 15) is 4.79 Å². The molecule has 1 unspecified atom stereocenters. The second kappa shape index (κ2) is 5.71. The van der Waals surface area contributed by atoms with Gasteiger partial charge in [0.1, 0.15) is 0 Å². The van der Waals surface area contributed by atoms with E-state index in [0.29, 0.717) is 23.9 Å². The smallest absolute Gasteiger partial charge is 0.319 e. The number of carbonyl (C=O) groups is 1. The van der Waals surface area contributed by atoms with Crippen LogP contribution in [0.2, 0.25) is 5.02 Å². The lowest BCUT2D eigenvalue weighted by Crippen LogP contribution is -2.38. The van der Waals surface area contributed by atoms with Crippen LogP contribution in [0.25, 0.3) is 0 Å². The second-order valence-corrected chi connectivity index (χ2v) is 5.07. The molecule has 0 bridgehead atoms. The summed E-state index contributed by atoms with van der Waals surface area (Å²) in [6.45, 7) is 1.27. The van der Waals surface area contributed by atoms with Crippen molar-refractivity contribution in [1.82, 2.24) is 5.32 Å². The summed E-state index contributed by atoms with van der Waals surface area (Å²) in [4.78, 5) is 11.7. The maximum absolute atomic E-state index is 11.7. The molecule has 2 rings (SSSR count). The van der Waals surface area contributed by atoms with E-state index in [2.05, 4.69) is 26.6 Å². The standard InChI is InChI=1S/C11H12BrClN2O2/c12-9-2-1-7(13)5-10(9)15-11(16)14-8-3-4-17-6-8/h1-2,5,8H,3-4,6H2,(H2,14,15,16). The fourth-order valence-corrected chi connectivity index (χ4v) is 2.10. The van der Waals surface area contributed by atoms with E-state index in [4.69, 9.17) is 16.3 Å². The lowest BCUT2D eigenvalue weighted by Gasteiger charge is -2.12. The van der Waals surface area contributed by atoms with Crippen LogP contribution < -0.4 is 10.6 Å². The van der Waals surface area contributed by atoms with Crippen LogP contribution in [0.4, 0.5) is 10.5 Å². The molecule has 17 heavy (non-hydrogen) atoms. The zero-order valence-corrected chi connectivity index (χ0v) is 11.3. The molecular weight excluding hydrogens is 307 g/mol. The van der Waals surface area contributed by atoms with Gasteiger partial charge < -0.3 is 15.4 Å². The van der Waals surface area contributed by atoms with Crippen molar-refractivity contribution >= 4 is 39.2 Å². The number of halogens is 2. The molecule has 1 atom stereocenters. The average molecular weight is 320 g/mol. The topological polar surface area (TPSA) is 50.4 Å². The molecule has 1 fully saturated rings. The quantitative estimate of drug-likeness (QED) is 0.880. The molecular formula is C11H12BrClN2O2. The lowest BCUT2D eigenvalue weighted by molar-refractivity contribution is 0.189. The number of carbonyl (C=O) groups excluding carboxylic acids is 1. The van der Waals surface area contributed by atoms with Crippen LogP contribution in [0, 0.1) is 0 Å². The van der Waals surface area contributed by atoms with Crippen LogP contribution in [0.3, 0.4) is 0 Å². The van der Waals surface area contributed by atoms with Gasteiger partial charge in [0, 0.05) is 16.1 Å². The van der Waals surface area contributed by atoms with Gasteiger partial charge in [-0.25, -0.2) is 4.79 Å². The molecule has 0 spiro atoms. The van der Waals surface area contributed by atoms with Crippen molar-refractivity contribution in [2.45, 2.75) is 12.5 Å². The Morgan fingerprint density at radius 1 is 1.53 bits per heavy atom. The predicted molar refractivity (Wildman–Crippen MR) is 70.5 cm³/mol. The average Bonchev–Trinajstić information content (AvgIpc) is 2.76. The van der Waals surface area contributed by atoms with Crippen LogP contribution in [0.1, 0.15) is 6.42 Å². The normalized spacial score (nSPS) is 19.1. The summed E-state index contributed by atoms with van der Waals surface area (Å²) >= 11 is 9.20. The zero-order valence-electron chi connectivity index (χ0n) is 9.00. The fraction of sp³-hybridized carbons (Fsp3) is 0.364. The Morgan fingerprint density at radius 2 is 2.35 bits per heavy atom. The van der Waals surface area contributed by atoms with Crippen molar-refractivity contribution < 1.29 is 9.53 Å². The Bertz CT molecular complexity index is 422. The molecule has 1 aromatic carbocycles. The SMILES string of the molecule is O=C(Nc1cc(Cl)ccc1Br)NC1CCOC1. The largest absolute Gasteiger partial charge is 0.379 e.